The summed E-state index contributed by atoms with van der Waals surface area (Å²) in [7, 11) is 2.37. The van der Waals surface area contributed by atoms with Crippen LogP contribution in [-0.2, 0) is 0 Å². The smallest absolute Gasteiger partial charge is 0.173 e. The van der Waals surface area contributed by atoms with Gasteiger partial charge >= 0.3 is 0 Å². The highest BCUT2D eigenvalue weighted by atomic mass is 15.1. The maximum atomic E-state index is 2.58. The van der Waals surface area contributed by atoms with Crippen molar-refractivity contribution in [2.45, 2.75) is 32.1 Å². The van der Waals surface area contributed by atoms with Crippen LogP contribution < -0.4 is 5.46 Å². The van der Waals surface area contributed by atoms with Gasteiger partial charge in [0.05, 0.1) is 0 Å². The Bertz CT molecular complexity index is 280. The molecular weight excluding hydrogens is 181 g/mol. The first kappa shape index (κ1) is 10.8. The molecule has 1 fully saturated rings. The van der Waals surface area contributed by atoms with Gasteiger partial charge in [-0.25, -0.2) is 0 Å². The fourth-order valence-corrected chi connectivity index (χ4v) is 2.27. The average Bonchev–Trinajstić information content (AvgIpc) is 2.31. The fraction of sp³-hybridized carbons (Fsp3) is 0.538. The van der Waals surface area contributed by atoms with Crippen molar-refractivity contribution in [3.63, 3.8) is 0 Å². The lowest BCUT2D eigenvalue weighted by atomic mass is 9.63. The van der Waals surface area contributed by atoms with Crippen LogP contribution in [-0.4, -0.2) is 31.2 Å². The molecule has 0 amide bonds. The van der Waals surface area contributed by atoms with E-state index in [0.717, 1.165) is 0 Å². The molecule has 1 unspecified atom stereocenters. The summed E-state index contributed by atoms with van der Waals surface area (Å²) in [5.74, 6) is 0.577. The summed E-state index contributed by atoms with van der Waals surface area (Å²) in [4.78, 5) is 2.58. The molecule has 0 aliphatic carbocycles. The highest BCUT2D eigenvalue weighted by Crippen LogP contribution is 2.11. The molecule has 1 radical (unpaired) electrons. The molecule has 15 heavy (non-hydrogen) atoms. The van der Waals surface area contributed by atoms with E-state index in [1.54, 1.807) is 0 Å². The first-order chi connectivity index (χ1) is 7.36. The van der Waals surface area contributed by atoms with Crippen molar-refractivity contribution in [3.05, 3.63) is 30.3 Å². The zero-order chi connectivity index (χ0) is 10.5. The van der Waals surface area contributed by atoms with Gasteiger partial charge in [-0.15, -0.1) is 0 Å². The van der Waals surface area contributed by atoms with Crippen LogP contribution in [0, 0.1) is 0 Å². The standard InChI is InChI=1S/C13H19BN/c1-12(15-10-6-3-7-11-15)14-13-8-4-2-5-9-13/h2,4-5,8-9,12H,3,6-7,10-11H2,1H3. The van der Waals surface area contributed by atoms with E-state index in [1.165, 1.54) is 37.8 Å². The van der Waals surface area contributed by atoms with Gasteiger partial charge in [-0.05, 0) is 31.9 Å². The minimum Gasteiger partial charge on any atom is -0.308 e. The average molecular weight is 200 g/mol. The van der Waals surface area contributed by atoms with Crippen LogP contribution >= 0.6 is 0 Å². The van der Waals surface area contributed by atoms with E-state index >= 15 is 0 Å². The molecule has 0 bridgehead atoms. The van der Waals surface area contributed by atoms with Crippen LogP contribution in [0.3, 0.4) is 0 Å². The van der Waals surface area contributed by atoms with Crippen molar-refractivity contribution >= 4 is 12.7 Å². The molecule has 1 aliphatic rings. The highest BCUT2D eigenvalue weighted by molar-refractivity contribution is 6.54. The third kappa shape index (κ3) is 3.10. The number of likely N-dealkylation sites (tertiary alicyclic amines) is 1. The lowest BCUT2D eigenvalue weighted by molar-refractivity contribution is 0.217. The van der Waals surface area contributed by atoms with Gasteiger partial charge in [-0.2, -0.15) is 0 Å². The van der Waals surface area contributed by atoms with E-state index in [2.05, 4.69) is 49.4 Å². The topological polar surface area (TPSA) is 3.24 Å². The lowest BCUT2D eigenvalue weighted by Gasteiger charge is -2.32. The predicted octanol–water partition coefficient (Wildman–Crippen LogP) is 1.85. The molecule has 1 aliphatic heterocycles. The minimum absolute atomic E-state index is 0.577. The summed E-state index contributed by atoms with van der Waals surface area (Å²) < 4.78 is 0. The van der Waals surface area contributed by atoms with Crippen molar-refractivity contribution in [1.82, 2.24) is 4.90 Å². The van der Waals surface area contributed by atoms with Gasteiger partial charge in [0.2, 0.25) is 0 Å². The van der Waals surface area contributed by atoms with E-state index in [-0.39, 0.29) is 0 Å². The molecule has 79 valence electrons. The molecule has 0 saturated carbocycles. The van der Waals surface area contributed by atoms with Crippen LogP contribution in [0.2, 0.25) is 0 Å². The molecule has 1 nitrogen and oxygen atoms in total. The van der Waals surface area contributed by atoms with Gasteiger partial charge in [-0.1, -0.05) is 49.1 Å². The number of nitrogens with zero attached hydrogens (tertiary/aromatic N) is 1. The summed E-state index contributed by atoms with van der Waals surface area (Å²) in [5.41, 5.74) is 1.34. The van der Waals surface area contributed by atoms with Crippen molar-refractivity contribution < 1.29 is 0 Å². The van der Waals surface area contributed by atoms with Crippen LogP contribution in [0.5, 0.6) is 0 Å². The third-order valence-corrected chi connectivity index (χ3v) is 3.20. The van der Waals surface area contributed by atoms with E-state index < -0.39 is 0 Å². The third-order valence-electron chi connectivity index (χ3n) is 3.20. The molecule has 1 aromatic rings. The summed E-state index contributed by atoms with van der Waals surface area (Å²) >= 11 is 0. The second kappa shape index (κ2) is 5.36. The van der Waals surface area contributed by atoms with Crippen LogP contribution in [0.1, 0.15) is 26.2 Å². The molecule has 2 heteroatoms. The molecule has 0 spiro atoms. The predicted molar refractivity (Wildman–Crippen MR) is 66.7 cm³/mol. The van der Waals surface area contributed by atoms with Gasteiger partial charge in [0.15, 0.2) is 7.28 Å². The van der Waals surface area contributed by atoms with E-state index in [9.17, 15) is 0 Å². The monoisotopic (exact) mass is 200 g/mol. The van der Waals surface area contributed by atoms with Crippen molar-refractivity contribution in [2.75, 3.05) is 13.1 Å². The first-order valence-corrected chi connectivity index (χ1v) is 6.00. The van der Waals surface area contributed by atoms with Gasteiger partial charge in [0, 0.05) is 0 Å². The Morgan fingerprint density at radius 1 is 1.07 bits per heavy atom. The zero-order valence-electron chi connectivity index (χ0n) is 9.52. The SMILES string of the molecule is CC([B]c1ccccc1)N1CCCCC1. The molecule has 1 aromatic carbocycles. The van der Waals surface area contributed by atoms with Crippen molar-refractivity contribution in [2.24, 2.45) is 0 Å². The number of hydrogen-bond acceptors (Lipinski definition) is 1. The van der Waals surface area contributed by atoms with Gasteiger partial charge < -0.3 is 4.90 Å². The molecule has 0 N–H and O–H groups in total. The Labute approximate surface area is 93.7 Å². The van der Waals surface area contributed by atoms with Gasteiger partial charge in [0.1, 0.15) is 0 Å². The highest BCUT2D eigenvalue weighted by Gasteiger charge is 2.17. The molecule has 0 aromatic heterocycles. The Balaban J connectivity index is 1.88. The molecule has 1 saturated heterocycles. The largest absolute Gasteiger partial charge is 0.308 e. The Morgan fingerprint density at radius 3 is 2.40 bits per heavy atom. The summed E-state index contributed by atoms with van der Waals surface area (Å²) in [6.07, 6.45) is 4.15. The van der Waals surface area contributed by atoms with E-state index in [0.29, 0.717) is 5.94 Å². The second-order valence-corrected chi connectivity index (χ2v) is 4.41. The number of hydrogen-bond donors (Lipinski definition) is 0. The molecule has 1 atom stereocenters. The van der Waals surface area contributed by atoms with Crippen LogP contribution in [0.15, 0.2) is 30.3 Å². The Kier molecular flexibility index (Phi) is 3.84. The Morgan fingerprint density at radius 2 is 1.73 bits per heavy atom. The minimum atomic E-state index is 0.577. The Hall–Kier alpha value is -0.755. The van der Waals surface area contributed by atoms with E-state index in [1.807, 2.05) is 0 Å². The molecular formula is C13H19BN. The van der Waals surface area contributed by atoms with Crippen LogP contribution in [0.4, 0.5) is 0 Å². The van der Waals surface area contributed by atoms with Crippen molar-refractivity contribution in [1.29, 1.82) is 0 Å². The maximum Gasteiger partial charge on any atom is 0.173 e. The molecule has 2 rings (SSSR count). The number of piperidine rings is 1. The first-order valence-electron chi connectivity index (χ1n) is 6.00. The normalized spacial score (nSPS) is 19.8. The van der Waals surface area contributed by atoms with E-state index in [4.69, 9.17) is 0 Å². The molecule has 1 heterocycles. The van der Waals surface area contributed by atoms with Crippen LogP contribution in [0.25, 0.3) is 0 Å². The fourth-order valence-electron chi connectivity index (χ4n) is 2.27. The van der Waals surface area contributed by atoms with Gasteiger partial charge in [-0.3, -0.25) is 0 Å². The van der Waals surface area contributed by atoms with Gasteiger partial charge in [0.25, 0.3) is 0 Å². The lowest BCUT2D eigenvalue weighted by Crippen LogP contribution is -2.44. The second-order valence-electron chi connectivity index (χ2n) is 4.41. The summed E-state index contributed by atoms with van der Waals surface area (Å²) in [5, 5.41) is 0. The zero-order valence-corrected chi connectivity index (χ0v) is 9.52. The maximum absolute atomic E-state index is 2.58. The number of rotatable bonds is 3. The summed E-state index contributed by atoms with van der Waals surface area (Å²) in [6, 6.07) is 10.6. The van der Waals surface area contributed by atoms with Crippen molar-refractivity contribution in [3.8, 4) is 0 Å². The summed E-state index contributed by atoms with van der Waals surface area (Å²) in [6.45, 7) is 4.84. The quantitative estimate of drug-likeness (QED) is 0.673. The number of benzene rings is 1.